The fourth-order valence-electron chi connectivity index (χ4n) is 17.2. The van der Waals surface area contributed by atoms with Crippen LogP contribution in [0, 0.1) is 6.92 Å². The molecule has 382 valence electrons. The Kier molecular flexibility index (Phi) is 8.03. The van der Waals surface area contributed by atoms with Gasteiger partial charge in [0.2, 0.25) is 0 Å². The molecule has 0 N–H and O–H groups in total. The van der Waals surface area contributed by atoms with Gasteiger partial charge in [-0.1, -0.05) is 237 Å². The zero-order valence-corrected chi connectivity index (χ0v) is 45.7. The Morgan fingerprint density at radius 3 is 1.10 bits per heavy atom. The van der Waals surface area contributed by atoms with Crippen molar-refractivity contribution >= 4 is 173 Å². The van der Waals surface area contributed by atoms with Gasteiger partial charge in [0.05, 0.1) is 16.7 Å². The molecule has 0 fully saturated rings. The first-order valence-electron chi connectivity index (χ1n) is 29.6. The van der Waals surface area contributed by atoms with Crippen molar-refractivity contribution in [2.24, 2.45) is 0 Å². The van der Waals surface area contributed by atoms with Gasteiger partial charge in [-0.15, -0.1) is 0 Å². The van der Waals surface area contributed by atoms with E-state index < -0.39 is 0 Å². The number of aryl methyl sites for hydroxylation is 1. The van der Waals surface area contributed by atoms with Crippen molar-refractivity contribution in [2.45, 2.75) is 6.92 Å². The highest BCUT2D eigenvalue weighted by atomic mass is 15.0. The zero-order chi connectivity index (χ0) is 54.4. The summed E-state index contributed by atoms with van der Waals surface area (Å²) in [5.74, 6) is 0. The molecule has 0 spiro atoms. The van der Waals surface area contributed by atoms with Gasteiger partial charge >= 0.3 is 0 Å². The van der Waals surface area contributed by atoms with Crippen LogP contribution in [0.4, 0.5) is 0 Å². The van der Waals surface area contributed by atoms with Gasteiger partial charge in [0.15, 0.2) is 0 Å². The highest BCUT2D eigenvalue weighted by Gasteiger charge is 2.32. The Balaban J connectivity index is 0.927. The molecule has 0 radical (unpaired) electrons. The number of para-hydroxylation sites is 2. The number of hydrogen-bond acceptors (Lipinski definition) is 0. The minimum atomic E-state index is 1.20. The maximum atomic E-state index is 2.50. The molecule has 1 heteroatoms. The van der Waals surface area contributed by atoms with Gasteiger partial charge in [0, 0.05) is 16.2 Å². The van der Waals surface area contributed by atoms with E-state index in [2.05, 4.69) is 266 Å². The van der Waals surface area contributed by atoms with Crippen molar-refractivity contribution in [3.8, 4) is 39.1 Å². The summed E-state index contributed by atoms with van der Waals surface area (Å²) < 4.78 is 2.50. The average molecular weight is 1060 g/mol. The number of fused-ring (bicyclic) bond motifs is 18. The first-order chi connectivity index (χ1) is 41.7. The van der Waals surface area contributed by atoms with E-state index in [1.165, 1.54) is 217 Å². The number of nitrogens with zero attached hydrogens (tertiary/aromatic N) is 1. The van der Waals surface area contributed by atoms with Crippen LogP contribution < -0.4 is 0 Å². The molecule has 0 aliphatic rings. The van der Waals surface area contributed by atoms with Gasteiger partial charge in [-0.05, 0) is 209 Å². The SMILES string of the molecule is Cc1ccccc1-c1c2cccc3c4ccccc4c(c23)c2c3ccc4c5ccc6c7c(-c8ccccc8)c8c9cccc%10c(-n%11c%12ccccc%12c%12ccccc%12%11)ccc(c8c(-c8ccccc8)c7c7ccc(c8ccc(c12)c3c84)c5c76)c%109. The molecule has 20 aromatic carbocycles. The van der Waals surface area contributed by atoms with E-state index in [0.29, 0.717) is 0 Å². The third kappa shape index (κ3) is 5.09. The summed E-state index contributed by atoms with van der Waals surface area (Å²) >= 11 is 0. The molecule has 1 aromatic heterocycles. The van der Waals surface area contributed by atoms with E-state index in [4.69, 9.17) is 0 Å². The minimum Gasteiger partial charge on any atom is -0.309 e. The highest BCUT2D eigenvalue weighted by Crippen LogP contribution is 2.60. The molecular weight excluding hydrogens is 1010 g/mol. The molecule has 84 heavy (non-hydrogen) atoms. The fourth-order valence-corrected chi connectivity index (χ4v) is 17.2. The molecule has 0 amide bonds. The Morgan fingerprint density at radius 1 is 0.190 bits per heavy atom. The predicted octanol–water partition coefficient (Wildman–Crippen LogP) is 23.4. The van der Waals surface area contributed by atoms with Crippen LogP contribution in [0.5, 0.6) is 0 Å². The average Bonchev–Trinajstić information content (AvgIpc) is 1.81. The topological polar surface area (TPSA) is 4.93 Å². The van der Waals surface area contributed by atoms with Crippen LogP contribution in [0.2, 0.25) is 0 Å². The predicted molar refractivity (Wildman–Crippen MR) is 363 cm³/mol. The lowest BCUT2D eigenvalue weighted by atomic mass is 9.87. The molecule has 1 heterocycles. The third-order valence-corrected chi connectivity index (χ3v) is 20.2. The highest BCUT2D eigenvalue weighted by molar-refractivity contribution is 6.53. The molecular formula is C83H45N. The van der Waals surface area contributed by atoms with Gasteiger partial charge in [-0.2, -0.15) is 0 Å². The maximum Gasteiger partial charge on any atom is 0.0541 e. The third-order valence-electron chi connectivity index (χ3n) is 20.2. The van der Waals surface area contributed by atoms with Crippen LogP contribution in [0.1, 0.15) is 5.56 Å². The van der Waals surface area contributed by atoms with Crippen molar-refractivity contribution in [3.05, 3.63) is 260 Å². The summed E-state index contributed by atoms with van der Waals surface area (Å²) in [5, 5.41) is 39.8. The quantitative estimate of drug-likeness (QED) is 0.122. The Hall–Kier alpha value is -10.9. The van der Waals surface area contributed by atoms with Crippen LogP contribution in [0.25, 0.3) is 212 Å². The molecule has 0 aliphatic heterocycles. The first kappa shape index (κ1) is 43.9. The molecule has 0 atom stereocenters. The molecule has 0 saturated carbocycles. The van der Waals surface area contributed by atoms with Crippen molar-refractivity contribution in [3.63, 3.8) is 0 Å². The lowest BCUT2D eigenvalue weighted by molar-refractivity contribution is 1.20. The summed E-state index contributed by atoms with van der Waals surface area (Å²) in [6, 6.07) is 97.4. The van der Waals surface area contributed by atoms with Crippen molar-refractivity contribution in [1.82, 2.24) is 4.57 Å². The second-order valence-corrected chi connectivity index (χ2v) is 23.9. The molecule has 0 aliphatic carbocycles. The number of hydrogen-bond donors (Lipinski definition) is 0. The molecule has 21 aromatic rings. The summed E-state index contributed by atoms with van der Waals surface area (Å²) in [6.45, 7) is 2.28. The first-order valence-corrected chi connectivity index (χ1v) is 29.6. The normalized spacial score (nSPS) is 12.8. The smallest absolute Gasteiger partial charge is 0.0541 e. The Morgan fingerprint density at radius 2 is 0.524 bits per heavy atom. The van der Waals surface area contributed by atoms with E-state index in [1.807, 2.05) is 0 Å². The van der Waals surface area contributed by atoms with E-state index in [9.17, 15) is 0 Å². The Labute approximate surface area is 480 Å². The van der Waals surface area contributed by atoms with E-state index in [-0.39, 0.29) is 0 Å². The molecule has 0 bridgehead atoms. The molecule has 0 unspecified atom stereocenters. The fraction of sp³-hybridized carbons (Fsp3) is 0.0120. The summed E-state index contributed by atoms with van der Waals surface area (Å²) in [4.78, 5) is 0. The summed E-state index contributed by atoms with van der Waals surface area (Å²) in [7, 11) is 0. The van der Waals surface area contributed by atoms with Crippen molar-refractivity contribution in [1.29, 1.82) is 0 Å². The largest absolute Gasteiger partial charge is 0.309 e. The van der Waals surface area contributed by atoms with E-state index in [0.717, 1.165) is 0 Å². The summed E-state index contributed by atoms with van der Waals surface area (Å²) in [6.07, 6.45) is 0. The molecule has 0 saturated heterocycles. The Bertz CT molecular complexity index is 6240. The second-order valence-electron chi connectivity index (χ2n) is 23.9. The van der Waals surface area contributed by atoms with Gasteiger partial charge in [-0.3, -0.25) is 0 Å². The van der Waals surface area contributed by atoms with Crippen LogP contribution in [-0.2, 0) is 0 Å². The van der Waals surface area contributed by atoms with Crippen molar-refractivity contribution in [2.75, 3.05) is 0 Å². The van der Waals surface area contributed by atoms with Gasteiger partial charge in [0.1, 0.15) is 0 Å². The zero-order valence-electron chi connectivity index (χ0n) is 45.7. The van der Waals surface area contributed by atoms with Crippen LogP contribution >= 0.6 is 0 Å². The number of benzene rings is 16. The van der Waals surface area contributed by atoms with Gasteiger partial charge in [0.25, 0.3) is 0 Å². The lowest BCUT2D eigenvalue weighted by Gasteiger charge is -2.15. The van der Waals surface area contributed by atoms with Crippen LogP contribution in [0.3, 0.4) is 0 Å². The standard InChI is InChI=1S/C83H45N/c1-44-18-8-9-23-47(44)71-59-31-16-28-51-48-24-10-11-27-52(48)77(74(51)59)83-64-41-37-56-54-34-38-61-75-62(39-35-53(72(54)75)55-36-40-63(82(71)83)76(64)73(55)56)81-69(46-21-6-3-7-22-46)79-60-42-43-67(84-65-32-14-12-25-49(65)50-26-13-15-33-66(50)84)57-29-17-30-58(70(57)60)78(79)68(80(61)81)45-19-4-2-5-20-45/h2-43H,1H3. The lowest BCUT2D eigenvalue weighted by Crippen LogP contribution is -1.95. The number of rotatable bonds is 4. The number of aromatic nitrogens is 1. The second kappa shape index (κ2) is 15.4. The summed E-state index contributed by atoms with van der Waals surface area (Å²) in [5.41, 5.74) is 12.7. The van der Waals surface area contributed by atoms with Gasteiger partial charge < -0.3 is 4.57 Å². The van der Waals surface area contributed by atoms with Gasteiger partial charge in [-0.25, -0.2) is 0 Å². The van der Waals surface area contributed by atoms with Crippen LogP contribution in [0.15, 0.2) is 255 Å². The maximum absolute atomic E-state index is 2.50. The monoisotopic (exact) mass is 1060 g/mol. The van der Waals surface area contributed by atoms with E-state index >= 15 is 0 Å². The minimum absolute atomic E-state index is 1.20. The molecule has 21 rings (SSSR count). The van der Waals surface area contributed by atoms with E-state index in [1.54, 1.807) is 0 Å². The molecule has 1 nitrogen and oxygen atoms in total. The van der Waals surface area contributed by atoms with Crippen molar-refractivity contribution < 1.29 is 0 Å². The van der Waals surface area contributed by atoms with Crippen LogP contribution in [-0.4, -0.2) is 4.57 Å².